The number of fused-ring (bicyclic) bond motifs is 1. The zero-order valence-electron chi connectivity index (χ0n) is 13.2. The SMILES string of the molecule is CC(C)=CC(=O)NCCc1nc2ccccc2n1C(C)C. The van der Waals surface area contributed by atoms with Crippen LogP contribution in [0.2, 0.25) is 0 Å². The normalized spacial score (nSPS) is 10.9. The molecule has 0 spiro atoms. The van der Waals surface area contributed by atoms with E-state index in [4.69, 9.17) is 0 Å². The number of aromatic nitrogens is 2. The van der Waals surface area contributed by atoms with Crippen molar-refractivity contribution in [2.24, 2.45) is 0 Å². The smallest absolute Gasteiger partial charge is 0.243 e. The molecule has 2 aromatic rings. The second-order valence-electron chi connectivity index (χ2n) is 5.74. The van der Waals surface area contributed by atoms with E-state index in [1.54, 1.807) is 6.08 Å². The van der Waals surface area contributed by atoms with Crippen LogP contribution >= 0.6 is 0 Å². The molecule has 1 heterocycles. The molecule has 1 aromatic heterocycles. The van der Waals surface area contributed by atoms with Crippen LogP contribution in [0.1, 0.15) is 39.6 Å². The Balaban J connectivity index is 2.13. The number of benzene rings is 1. The first kappa shape index (κ1) is 15.3. The summed E-state index contributed by atoms with van der Waals surface area (Å²) in [5.74, 6) is 0.978. The summed E-state index contributed by atoms with van der Waals surface area (Å²) in [6.07, 6.45) is 2.35. The maximum absolute atomic E-state index is 11.6. The maximum atomic E-state index is 11.6. The molecule has 0 aliphatic carbocycles. The lowest BCUT2D eigenvalue weighted by Gasteiger charge is -2.13. The number of nitrogens with zero attached hydrogens (tertiary/aromatic N) is 2. The quantitative estimate of drug-likeness (QED) is 0.857. The number of nitrogens with one attached hydrogen (secondary N) is 1. The van der Waals surface area contributed by atoms with E-state index in [2.05, 4.69) is 34.8 Å². The van der Waals surface area contributed by atoms with Crippen LogP contribution in [0.15, 0.2) is 35.9 Å². The number of allylic oxidation sites excluding steroid dienone is 1. The molecule has 0 saturated heterocycles. The van der Waals surface area contributed by atoms with Gasteiger partial charge in [0.15, 0.2) is 0 Å². The number of carbonyl (C=O) groups excluding carboxylic acids is 1. The third kappa shape index (κ3) is 3.72. The Kier molecular flexibility index (Phi) is 4.78. The lowest BCUT2D eigenvalue weighted by atomic mass is 10.3. The topological polar surface area (TPSA) is 46.9 Å². The average Bonchev–Trinajstić information content (AvgIpc) is 2.75. The number of rotatable bonds is 5. The van der Waals surface area contributed by atoms with Gasteiger partial charge >= 0.3 is 0 Å². The highest BCUT2D eigenvalue weighted by molar-refractivity contribution is 5.88. The van der Waals surface area contributed by atoms with Gasteiger partial charge in [0.25, 0.3) is 0 Å². The van der Waals surface area contributed by atoms with Crippen LogP contribution in [-0.2, 0) is 11.2 Å². The molecule has 1 amide bonds. The summed E-state index contributed by atoms with van der Waals surface area (Å²) in [5.41, 5.74) is 3.16. The summed E-state index contributed by atoms with van der Waals surface area (Å²) in [6, 6.07) is 8.50. The average molecular weight is 285 g/mol. The Morgan fingerprint density at radius 2 is 2.05 bits per heavy atom. The van der Waals surface area contributed by atoms with Crippen LogP contribution in [0.4, 0.5) is 0 Å². The zero-order chi connectivity index (χ0) is 15.4. The fourth-order valence-corrected chi connectivity index (χ4v) is 2.46. The van der Waals surface area contributed by atoms with Crippen LogP contribution in [0, 0.1) is 0 Å². The molecule has 0 bridgehead atoms. The maximum Gasteiger partial charge on any atom is 0.243 e. The molecule has 0 radical (unpaired) electrons. The minimum Gasteiger partial charge on any atom is -0.352 e. The van der Waals surface area contributed by atoms with Crippen LogP contribution in [0.5, 0.6) is 0 Å². The van der Waals surface area contributed by atoms with Crippen molar-refractivity contribution in [3.05, 3.63) is 41.7 Å². The monoisotopic (exact) mass is 285 g/mol. The van der Waals surface area contributed by atoms with Gasteiger partial charge in [-0.25, -0.2) is 4.98 Å². The van der Waals surface area contributed by atoms with E-state index in [0.717, 1.165) is 28.9 Å². The Labute approximate surface area is 125 Å². The largest absolute Gasteiger partial charge is 0.352 e. The highest BCUT2D eigenvalue weighted by Gasteiger charge is 2.12. The summed E-state index contributed by atoms with van der Waals surface area (Å²) in [7, 11) is 0. The first-order valence-electron chi connectivity index (χ1n) is 7.37. The van der Waals surface area contributed by atoms with E-state index in [1.165, 1.54) is 0 Å². The molecule has 0 aliphatic rings. The number of para-hydroxylation sites is 2. The molecule has 0 unspecified atom stereocenters. The van der Waals surface area contributed by atoms with Gasteiger partial charge < -0.3 is 9.88 Å². The Hall–Kier alpha value is -2.10. The van der Waals surface area contributed by atoms with Crippen molar-refractivity contribution < 1.29 is 4.79 Å². The van der Waals surface area contributed by atoms with Crippen molar-refractivity contribution in [2.45, 2.75) is 40.2 Å². The first-order valence-corrected chi connectivity index (χ1v) is 7.37. The van der Waals surface area contributed by atoms with Crippen LogP contribution in [0.3, 0.4) is 0 Å². The molecule has 0 aliphatic heterocycles. The van der Waals surface area contributed by atoms with E-state index >= 15 is 0 Å². The summed E-state index contributed by atoms with van der Waals surface area (Å²) < 4.78 is 2.24. The van der Waals surface area contributed by atoms with E-state index < -0.39 is 0 Å². The number of amides is 1. The number of hydrogen-bond donors (Lipinski definition) is 1. The van der Waals surface area contributed by atoms with Crippen molar-refractivity contribution in [3.8, 4) is 0 Å². The Bertz CT molecular complexity index is 664. The lowest BCUT2D eigenvalue weighted by Crippen LogP contribution is -2.25. The van der Waals surface area contributed by atoms with Crippen LogP contribution in [0.25, 0.3) is 11.0 Å². The van der Waals surface area contributed by atoms with Gasteiger partial charge in [0, 0.05) is 25.1 Å². The van der Waals surface area contributed by atoms with E-state index in [0.29, 0.717) is 12.6 Å². The molecule has 0 saturated carbocycles. The van der Waals surface area contributed by atoms with Gasteiger partial charge in [0.1, 0.15) is 5.82 Å². The molecule has 1 N–H and O–H groups in total. The van der Waals surface area contributed by atoms with Crippen LogP contribution < -0.4 is 5.32 Å². The van der Waals surface area contributed by atoms with Gasteiger partial charge in [-0.1, -0.05) is 17.7 Å². The summed E-state index contributed by atoms with van der Waals surface area (Å²) in [4.78, 5) is 16.3. The van der Waals surface area contributed by atoms with Crippen molar-refractivity contribution in [3.63, 3.8) is 0 Å². The highest BCUT2D eigenvalue weighted by atomic mass is 16.1. The molecule has 4 nitrogen and oxygen atoms in total. The minimum atomic E-state index is -0.0396. The van der Waals surface area contributed by atoms with Gasteiger partial charge in [-0.2, -0.15) is 0 Å². The fourth-order valence-electron chi connectivity index (χ4n) is 2.46. The molecule has 112 valence electrons. The number of carbonyl (C=O) groups is 1. The van der Waals surface area contributed by atoms with Crippen molar-refractivity contribution in [2.75, 3.05) is 6.54 Å². The molecule has 2 rings (SSSR count). The molecule has 21 heavy (non-hydrogen) atoms. The van der Waals surface area contributed by atoms with Gasteiger partial charge in [0.2, 0.25) is 5.91 Å². The lowest BCUT2D eigenvalue weighted by molar-refractivity contribution is -0.116. The zero-order valence-corrected chi connectivity index (χ0v) is 13.2. The standard InChI is InChI=1S/C17H23N3O/c1-12(2)11-17(21)18-10-9-16-19-14-7-5-6-8-15(14)20(16)13(3)4/h5-8,11,13H,9-10H2,1-4H3,(H,18,21). The molecular weight excluding hydrogens is 262 g/mol. The predicted octanol–water partition coefficient (Wildman–Crippen LogP) is 3.24. The van der Waals surface area contributed by atoms with Crippen molar-refractivity contribution in [1.82, 2.24) is 14.9 Å². The van der Waals surface area contributed by atoms with E-state index in [1.807, 2.05) is 32.0 Å². The van der Waals surface area contributed by atoms with Crippen molar-refractivity contribution in [1.29, 1.82) is 0 Å². The second kappa shape index (κ2) is 6.57. The van der Waals surface area contributed by atoms with Gasteiger partial charge in [-0.15, -0.1) is 0 Å². The fraction of sp³-hybridized carbons (Fsp3) is 0.412. The first-order chi connectivity index (χ1) is 9.99. The second-order valence-corrected chi connectivity index (χ2v) is 5.74. The molecule has 0 fully saturated rings. The molecule has 4 heteroatoms. The highest BCUT2D eigenvalue weighted by Crippen LogP contribution is 2.20. The summed E-state index contributed by atoms with van der Waals surface area (Å²) in [6.45, 7) is 8.73. The summed E-state index contributed by atoms with van der Waals surface area (Å²) in [5, 5.41) is 2.90. The molecular formula is C17H23N3O. The Morgan fingerprint density at radius 3 is 2.71 bits per heavy atom. The van der Waals surface area contributed by atoms with E-state index in [9.17, 15) is 4.79 Å². The van der Waals surface area contributed by atoms with Gasteiger partial charge in [-0.05, 0) is 39.8 Å². The van der Waals surface area contributed by atoms with Crippen molar-refractivity contribution >= 4 is 16.9 Å². The summed E-state index contributed by atoms with van der Waals surface area (Å²) >= 11 is 0. The van der Waals surface area contributed by atoms with E-state index in [-0.39, 0.29) is 5.91 Å². The third-order valence-corrected chi connectivity index (χ3v) is 3.25. The van der Waals surface area contributed by atoms with Gasteiger partial charge in [-0.3, -0.25) is 4.79 Å². The van der Waals surface area contributed by atoms with Gasteiger partial charge in [0.05, 0.1) is 11.0 Å². The Morgan fingerprint density at radius 1 is 1.33 bits per heavy atom. The number of hydrogen-bond acceptors (Lipinski definition) is 2. The third-order valence-electron chi connectivity index (χ3n) is 3.25. The number of imidazole rings is 1. The minimum absolute atomic E-state index is 0.0396. The van der Waals surface area contributed by atoms with Crippen LogP contribution in [-0.4, -0.2) is 22.0 Å². The molecule has 0 atom stereocenters. The predicted molar refractivity (Wildman–Crippen MR) is 86.3 cm³/mol. The molecule has 1 aromatic carbocycles.